The Morgan fingerprint density at radius 3 is 3.06 bits per heavy atom. The third-order valence-electron chi connectivity index (χ3n) is 4.55. The molecule has 0 amide bonds. The van der Waals surface area contributed by atoms with Gasteiger partial charge in [0, 0.05) is 25.0 Å². The summed E-state index contributed by atoms with van der Waals surface area (Å²) in [6, 6.07) is 9.73. The lowest BCUT2D eigenvalue weighted by molar-refractivity contribution is 0.226. The monoisotopic (exact) mass is 244 g/mol. The zero-order chi connectivity index (χ0) is 12.4. The summed E-state index contributed by atoms with van der Waals surface area (Å²) in [5.74, 6) is 0.795. The Bertz CT molecular complexity index is 402. The van der Waals surface area contributed by atoms with E-state index in [0.717, 1.165) is 18.5 Å². The van der Waals surface area contributed by atoms with Gasteiger partial charge in [-0.05, 0) is 43.5 Å². The van der Waals surface area contributed by atoms with E-state index in [1.807, 2.05) is 0 Å². The van der Waals surface area contributed by atoms with Crippen molar-refractivity contribution in [3.8, 4) is 0 Å². The van der Waals surface area contributed by atoms with Crippen molar-refractivity contribution in [1.82, 2.24) is 10.2 Å². The molecule has 1 aromatic carbocycles. The highest BCUT2D eigenvalue weighted by atomic mass is 15.2. The smallest absolute Gasteiger partial charge is 0.0221 e. The van der Waals surface area contributed by atoms with Crippen molar-refractivity contribution in [2.75, 3.05) is 26.2 Å². The van der Waals surface area contributed by atoms with Crippen molar-refractivity contribution in [2.45, 2.75) is 38.1 Å². The van der Waals surface area contributed by atoms with Crippen molar-refractivity contribution in [3.05, 3.63) is 35.4 Å². The van der Waals surface area contributed by atoms with Gasteiger partial charge in [0.15, 0.2) is 0 Å². The first-order valence-electron chi connectivity index (χ1n) is 7.41. The molecule has 1 saturated heterocycles. The van der Waals surface area contributed by atoms with Crippen molar-refractivity contribution < 1.29 is 0 Å². The van der Waals surface area contributed by atoms with Crippen molar-refractivity contribution in [3.63, 3.8) is 0 Å². The van der Waals surface area contributed by atoms with Crippen LogP contribution in [-0.4, -0.2) is 37.1 Å². The van der Waals surface area contributed by atoms with E-state index in [4.69, 9.17) is 0 Å². The van der Waals surface area contributed by atoms with Gasteiger partial charge in [-0.2, -0.15) is 0 Å². The number of likely N-dealkylation sites (N-methyl/N-ethyl adjacent to an activating group) is 1. The van der Waals surface area contributed by atoms with E-state index in [9.17, 15) is 0 Å². The third-order valence-corrected chi connectivity index (χ3v) is 4.55. The van der Waals surface area contributed by atoms with Gasteiger partial charge in [-0.15, -0.1) is 0 Å². The van der Waals surface area contributed by atoms with Gasteiger partial charge in [0.05, 0.1) is 0 Å². The molecule has 0 saturated carbocycles. The highest BCUT2D eigenvalue weighted by molar-refractivity contribution is 5.40. The minimum atomic E-state index is 0.776. The molecule has 1 aliphatic carbocycles. The normalized spacial score (nSPS) is 26.9. The second-order valence-corrected chi connectivity index (χ2v) is 5.70. The van der Waals surface area contributed by atoms with E-state index >= 15 is 0 Å². The van der Waals surface area contributed by atoms with Crippen LogP contribution < -0.4 is 5.32 Å². The molecule has 1 N–H and O–H groups in total. The van der Waals surface area contributed by atoms with Gasteiger partial charge in [0.1, 0.15) is 0 Å². The van der Waals surface area contributed by atoms with Crippen LogP contribution in [0.4, 0.5) is 0 Å². The minimum Gasteiger partial charge on any atom is -0.315 e. The number of hydrogen-bond donors (Lipinski definition) is 1. The first-order chi connectivity index (χ1) is 8.88. The summed E-state index contributed by atoms with van der Waals surface area (Å²) in [4.78, 5) is 2.71. The van der Waals surface area contributed by atoms with Gasteiger partial charge in [-0.1, -0.05) is 31.2 Å². The summed E-state index contributed by atoms with van der Waals surface area (Å²) in [6.45, 7) is 7.03. The molecule has 2 aliphatic rings. The molecule has 2 nitrogen and oxygen atoms in total. The number of nitrogens with one attached hydrogen (secondary N) is 1. The third kappa shape index (κ3) is 2.32. The first-order valence-corrected chi connectivity index (χ1v) is 7.41. The summed E-state index contributed by atoms with van der Waals surface area (Å²) in [5.41, 5.74) is 3.18. The van der Waals surface area contributed by atoms with E-state index in [-0.39, 0.29) is 0 Å². The molecule has 2 atom stereocenters. The summed E-state index contributed by atoms with van der Waals surface area (Å²) >= 11 is 0. The fourth-order valence-electron chi connectivity index (χ4n) is 3.49. The summed E-state index contributed by atoms with van der Waals surface area (Å²) in [5, 5.41) is 3.51. The Morgan fingerprint density at radius 1 is 1.33 bits per heavy atom. The predicted molar refractivity (Wildman–Crippen MR) is 76.0 cm³/mol. The van der Waals surface area contributed by atoms with Gasteiger partial charge in [-0.25, -0.2) is 0 Å². The number of benzene rings is 1. The van der Waals surface area contributed by atoms with Crippen molar-refractivity contribution in [1.29, 1.82) is 0 Å². The van der Waals surface area contributed by atoms with Gasteiger partial charge in [0.25, 0.3) is 0 Å². The molecule has 2 unspecified atom stereocenters. The van der Waals surface area contributed by atoms with E-state index in [1.165, 1.54) is 38.9 Å². The lowest BCUT2D eigenvalue weighted by Crippen LogP contribution is -2.41. The van der Waals surface area contributed by atoms with Crippen LogP contribution in [0, 0.1) is 0 Å². The Morgan fingerprint density at radius 2 is 2.22 bits per heavy atom. The lowest BCUT2D eigenvalue weighted by atomic mass is 9.77. The Balaban J connectivity index is 1.57. The van der Waals surface area contributed by atoms with Crippen LogP contribution in [0.15, 0.2) is 24.3 Å². The minimum absolute atomic E-state index is 0.776. The molecule has 0 radical (unpaired) electrons. The van der Waals surface area contributed by atoms with E-state index in [0.29, 0.717) is 0 Å². The summed E-state index contributed by atoms with van der Waals surface area (Å²) in [6.07, 6.45) is 4.05. The van der Waals surface area contributed by atoms with Crippen LogP contribution in [0.3, 0.4) is 0 Å². The standard InChI is InChI=1S/C16H24N2/c1-2-17-11-15-7-5-9-18(15)12-14-10-13-6-3-4-8-16(13)14/h3-4,6,8,14-15,17H,2,5,7,9-12H2,1H3. The second kappa shape index (κ2) is 5.41. The molecule has 1 fully saturated rings. The largest absolute Gasteiger partial charge is 0.315 e. The number of rotatable bonds is 5. The number of fused-ring (bicyclic) bond motifs is 1. The van der Waals surface area contributed by atoms with E-state index < -0.39 is 0 Å². The van der Waals surface area contributed by atoms with E-state index in [2.05, 4.69) is 41.4 Å². The Labute approximate surface area is 110 Å². The maximum Gasteiger partial charge on any atom is 0.0221 e. The molecular weight excluding hydrogens is 220 g/mol. The topological polar surface area (TPSA) is 15.3 Å². The molecule has 0 aromatic heterocycles. The highest BCUT2D eigenvalue weighted by Crippen LogP contribution is 2.36. The highest BCUT2D eigenvalue weighted by Gasteiger charge is 2.31. The van der Waals surface area contributed by atoms with Crippen molar-refractivity contribution >= 4 is 0 Å². The second-order valence-electron chi connectivity index (χ2n) is 5.70. The summed E-state index contributed by atoms with van der Waals surface area (Å²) < 4.78 is 0. The molecule has 1 heterocycles. The summed E-state index contributed by atoms with van der Waals surface area (Å²) in [7, 11) is 0. The van der Waals surface area contributed by atoms with Gasteiger partial charge in [-0.3, -0.25) is 4.90 Å². The zero-order valence-corrected chi connectivity index (χ0v) is 11.4. The van der Waals surface area contributed by atoms with Gasteiger partial charge >= 0.3 is 0 Å². The lowest BCUT2D eigenvalue weighted by Gasteiger charge is -2.35. The van der Waals surface area contributed by atoms with Crippen LogP contribution in [0.2, 0.25) is 0 Å². The molecule has 0 bridgehead atoms. The maximum atomic E-state index is 3.51. The quantitative estimate of drug-likeness (QED) is 0.855. The number of hydrogen-bond acceptors (Lipinski definition) is 2. The van der Waals surface area contributed by atoms with Gasteiger partial charge in [0.2, 0.25) is 0 Å². The molecule has 3 rings (SSSR count). The van der Waals surface area contributed by atoms with Crippen LogP contribution in [0.5, 0.6) is 0 Å². The molecular formula is C16H24N2. The molecule has 0 spiro atoms. The van der Waals surface area contributed by atoms with Crippen LogP contribution in [0.25, 0.3) is 0 Å². The zero-order valence-electron chi connectivity index (χ0n) is 11.4. The van der Waals surface area contributed by atoms with E-state index in [1.54, 1.807) is 11.1 Å². The molecule has 1 aliphatic heterocycles. The fraction of sp³-hybridized carbons (Fsp3) is 0.625. The first kappa shape index (κ1) is 12.2. The fourth-order valence-corrected chi connectivity index (χ4v) is 3.49. The van der Waals surface area contributed by atoms with Crippen LogP contribution in [0.1, 0.15) is 36.8 Å². The molecule has 18 heavy (non-hydrogen) atoms. The molecule has 98 valence electrons. The Kier molecular flexibility index (Phi) is 3.67. The maximum absolute atomic E-state index is 3.51. The Hall–Kier alpha value is -0.860. The SMILES string of the molecule is CCNCC1CCCN1CC1Cc2ccccc21. The molecule has 1 aromatic rings. The van der Waals surface area contributed by atoms with Gasteiger partial charge < -0.3 is 5.32 Å². The average Bonchev–Trinajstić information content (AvgIpc) is 2.81. The average molecular weight is 244 g/mol. The van der Waals surface area contributed by atoms with Crippen LogP contribution in [-0.2, 0) is 6.42 Å². The number of likely N-dealkylation sites (tertiary alicyclic amines) is 1. The number of nitrogens with zero attached hydrogens (tertiary/aromatic N) is 1. The molecule has 2 heteroatoms. The van der Waals surface area contributed by atoms with Crippen molar-refractivity contribution in [2.24, 2.45) is 0 Å². The predicted octanol–water partition coefficient (Wildman–Crippen LogP) is 2.40. The van der Waals surface area contributed by atoms with Crippen LogP contribution >= 0.6 is 0 Å².